The SMILES string of the molecule is Cc1noc2c1C(c1ccccc1)C1(C(=O)OC(C)(C)OC1=O)C(c1ccccc1)N2. The Morgan fingerprint density at radius 3 is 2.00 bits per heavy atom. The van der Waals surface area contributed by atoms with E-state index in [1.54, 1.807) is 20.8 Å². The predicted molar refractivity (Wildman–Crippen MR) is 111 cm³/mol. The summed E-state index contributed by atoms with van der Waals surface area (Å²) in [6.07, 6.45) is 0. The normalized spacial score (nSPS) is 23.5. The van der Waals surface area contributed by atoms with Crippen LogP contribution < -0.4 is 5.32 Å². The summed E-state index contributed by atoms with van der Waals surface area (Å²) in [7, 11) is 0. The second kappa shape index (κ2) is 6.70. The zero-order chi connectivity index (χ0) is 21.8. The first-order valence-electron chi connectivity index (χ1n) is 10.1. The molecule has 7 nitrogen and oxygen atoms in total. The van der Waals surface area contributed by atoms with E-state index in [2.05, 4.69) is 10.5 Å². The summed E-state index contributed by atoms with van der Waals surface area (Å²) in [5, 5.41) is 7.37. The summed E-state index contributed by atoms with van der Waals surface area (Å²) in [4.78, 5) is 27.6. The molecule has 0 radical (unpaired) electrons. The lowest BCUT2D eigenvalue weighted by molar-refractivity contribution is -0.254. The minimum Gasteiger partial charge on any atom is -0.422 e. The third-order valence-corrected chi connectivity index (χ3v) is 6.00. The quantitative estimate of drug-likeness (QED) is 0.495. The Hall–Kier alpha value is -3.61. The number of esters is 2. The molecule has 7 heteroatoms. The number of rotatable bonds is 2. The van der Waals surface area contributed by atoms with Crippen molar-refractivity contribution < 1.29 is 23.6 Å². The molecule has 0 amide bonds. The molecule has 1 spiro atoms. The Bertz CT molecular complexity index is 1130. The Labute approximate surface area is 179 Å². The smallest absolute Gasteiger partial charge is 0.330 e. The first kappa shape index (κ1) is 19.4. The van der Waals surface area contributed by atoms with Crippen molar-refractivity contribution in [3.05, 3.63) is 83.0 Å². The van der Waals surface area contributed by atoms with Crippen molar-refractivity contribution in [2.24, 2.45) is 5.41 Å². The van der Waals surface area contributed by atoms with Crippen LogP contribution in [0.1, 0.15) is 48.2 Å². The van der Waals surface area contributed by atoms with Crippen LogP contribution in [-0.2, 0) is 19.1 Å². The van der Waals surface area contributed by atoms with Crippen LogP contribution in [0.2, 0.25) is 0 Å². The third-order valence-electron chi connectivity index (χ3n) is 6.00. The highest BCUT2D eigenvalue weighted by atomic mass is 16.7. The van der Waals surface area contributed by atoms with Crippen molar-refractivity contribution in [2.45, 2.75) is 38.5 Å². The van der Waals surface area contributed by atoms with E-state index < -0.39 is 35.1 Å². The van der Waals surface area contributed by atoms with E-state index in [0.717, 1.165) is 11.1 Å². The maximum absolute atomic E-state index is 13.8. The van der Waals surface area contributed by atoms with Crippen LogP contribution in [0, 0.1) is 12.3 Å². The maximum Gasteiger partial charge on any atom is 0.330 e. The van der Waals surface area contributed by atoms with Gasteiger partial charge in [-0.3, -0.25) is 9.59 Å². The molecular weight excluding hydrogens is 396 g/mol. The Balaban J connectivity index is 1.84. The number of aromatic nitrogens is 1. The number of anilines is 1. The summed E-state index contributed by atoms with van der Waals surface area (Å²) in [6, 6.07) is 17.9. The van der Waals surface area contributed by atoms with Gasteiger partial charge in [-0.25, -0.2) is 0 Å². The number of hydrogen-bond acceptors (Lipinski definition) is 7. The fourth-order valence-electron chi connectivity index (χ4n) is 4.72. The number of cyclic esters (lactones) is 2. The summed E-state index contributed by atoms with van der Waals surface area (Å²) < 4.78 is 17.0. The molecule has 158 valence electrons. The van der Waals surface area contributed by atoms with E-state index >= 15 is 0 Å². The number of carbonyl (C=O) groups is 2. The summed E-state index contributed by atoms with van der Waals surface area (Å²) in [6.45, 7) is 4.90. The van der Waals surface area contributed by atoms with Crippen molar-refractivity contribution in [2.75, 3.05) is 5.32 Å². The summed E-state index contributed by atoms with van der Waals surface area (Å²) in [5.41, 5.74) is 1.03. The molecule has 3 heterocycles. The molecule has 2 aromatic carbocycles. The molecule has 0 saturated carbocycles. The fraction of sp³-hybridized carbons (Fsp3) is 0.292. The molecule has 2 unspecified atom stereocenters. The van der Waals surface area contributed by atoms with Gasteiger partial charge in [-0.2, -0.15) is 0 Å². The number of aryl methyl sites for hydroxylation is 1. The van der Waals surface area contributed by atoms with Crippen LogP contribution in [0.15, 0.2) is 65.2 Å². The summed E-state index contributed by atoms with van der Waals surface area (Å²) in [5.74, 6) is -2.93. The fourth-order valence-corrected chi connectivity index (χ4v) is 4.72. The van der Waals surface area contributed by atoms with E-state index in [4.69, 9.17) is 14.0 Å². The molecule has 1 aromatic heterocycles. The number of fused-ring (bicyclic) bond motifs is 1. The van der Waals surface area contributed by atoms with Crippen LogP contribution in [0.5, 0.6) is 0 Å². The lowest BCUT2D eigenvalue weighted by Gasteiger charge is -2.49. The van der Waals surface area contributed by atoms with Crippen molar-refractivity contribution in [1.82, 2.24) is 5.16 Å². The topological polar surface area (TPSA) is 90.7 Å². The average Bonchev–Trinajstić information content (AvgIpc) is 3.12. The van der Waals surface area contributed by atoms with Gasteiger partial charge in [-0.05, 0) is 18.1 Å². The number of nitrogens with zero attached hydrogens (tertiary/aromatic N) is 1. The van der Waals surface area contributed by atoms with Crippen molar-refractivity contribution in [1.29, 1.82) is 0 Å². The first-order chi connectivity index (χ1) is 14.8. The zero-order valence-electron chi connectivity index (χ0n) is 17.4. The third kappa shape index (κ3) is 2.76. The van der Waals surface area contributed by atoms with E-state index in [1.165, 1.54) is 0 Å². The molecular formula is C24H22N2O5. The van der Waals surface area contributed by atoms with Crippen molar-refractivity contribution in [3.63, 3.8) is 0 Å². The molecule has 2 atom stereocenters. The zero-order valence-corrected chi connectivity index (χ0v) is 17.4. The van der Waals surface area contributed by atoms with E-state index in [0.29, 0.717) is 17.1 Å². The molecule has 2 aliphatic rings. The number of ether oxygens (including phenoxy) is 2. The maximum atomic E-state index is 13.8. The van der Waals surface area contributed by atoms with Gasteiger partial charge in [0.15, 0.2) is 0 Å². The standard InChI is InChI=1S/C24H22N2O5/c1-14-17-18(15-10-6-4-7-11-15)24(21(27)29-23(2,3)30-22(24)28)19(25-20(17)31-26-14)16-12-8-5-9-13-16/h4-13,18-19,25H,1-3H3. The van der Waals surface area contributed by atoms with Gasteiger partial charge in [0.05, 0.1) is 11.7 Å². The van der Waals surface area contributed by atoms with Crippen LogP contribution in [-0.4, -0.2) is 22.9 Å². The average molecular weight is 418 g/mol. The van der Waals surface area contributed by atoms with E-state index in [9.17, 15) is 9.59 Å². The predicted octanol–water partition coefficient (Wildman–Crippen LogP) is 4.10. The van der Waals surface area contributed by atoms with Gasteiger partial charge < -0.3 is 19.3 Å². The van der Waals surface area contributed by atoms with Crippen LogP contribution in [0.3, 0.4) is 0 Å². The van der Waals surface area contributed by atoms with Crippen molar-refractivity contribution >= 4 is 17.8 Å². The Kier molecular flexibility index (Phi) is 4.18. The number of hydrogen-bond donors (Lipinski definition) is 1. The van der Waals surface area contributed by atoms with Gasteiger partial charge in [0.2, 0.25) is 11.3 Å². The van der Waals surface area contributed by atoms with Gasteiger partial charge in [0, 0.05) is 25.3 Å². The molecule has 1 fully saturated rings. The first-order valence-corrected chi connectivity index (χ1v) is 10.1. The van der Waals surface area contributed by atoms with Crippen LogP contribution >= 0.6 is 0 Å². The van der Waals surface area contributed by atoms with Gasteiger partial charge >= 0.3 is 11.9 Å². The van der Waals surface area contributed by atoms with Gasteiger partial charge in [-0.15, -0.1) is 0 Å². The highest BCUT2D eigenvalue weighted by Crippen LogP contribution is 2.59. The Morgan fingerprint density at radius 2 is 1.42 bits per heavy atom. The molecule has 1 saturated heterocycles. The Morgan fingerprint density at radius 1 is 0.871 bits per heavy atom. The number of carbonyl (C=O) groups excluding carboxylic acids is 2. The van der Waals surface area contributed by atoms with Gasteiger partial charge in [0.25, 0.3) is 5.79 Å². The molecule has 0 bridgehead atoms. The minimum absolute atomic E-state index is 0.427. The van der Waals surface area contributed by atoms with Gasteiger partial charge in [-0.1, -0.05) is 65.8 Å². The van der Waals surface area contributed by atoms with Crippen molar-refractivity contribution in [3.8, 4) is 0 Å². The van der Waals surface area contributed by atoms with Crippen LogP contribution in [0.4, 0.5) is 5.88 Å². The molecule has 31 heavy (non-hydrogen) atoms. The molecule has 5 rings (SSSR count). The second-order valence-corrected chi connectivity index (χ2v) is 8.39. The van der Waals surface area contributed by atoms with Gasteiger partial charge in [0.1, 0.15) is 0 Å². The number of nitrogens with one attached hydrogen (secondary N) is 1. The lowest BCUT2D eigenvalue weighted by atomic mass is 9.60. The molecule has 2 aliphatic heterocycles. The highest BCUT2D eigenvalue weighted by Gasteiger charge is 2.68. The highest BCUT2D eigenvalue weighted by molar-refractivity contribution is 6.06. The monoisotopic (exact) mass is 418 g/mol. The van der Waals surface area contributed by atoms with Crippen LogP contribution in [0.25, 0.3) is 0 Å². The van der Waals surface area contributed by atoms with E-state index in [1.807, 2.05) is 60.7 Å². The van der Waals surface area contributed by atoms with E-state index in [-0.39, 0.29) is 0 Å². The largest absolute Gasteiger partial charge is 0.422 e. The molecule has 0 aliphatic carbocycles. The summed E-state index contributed by atoms with van der Waals surface area (Å²) >= 11 is 0. The number of benzene rings is 2. The molecule has 3 aromatic rings. The lowest BCUT2D eigenvalue weighted by Crippen LogP contribution is -2.61. The molecule has 1 N–H and O–H groups in total. The second-order valence-electron chi connectivity index (χ2n) is 8.39. The minimum atomic E-state index is -1.71.